The number of methoxy groups -OCH3 is 1. The first-order valence-corrected chi connectivity index (χ1v) is 9.06. The summed E-state index contributed by atoms with van der Waals surface area (Å²) in [4.78, 5) is 2.38. The molecular weight excluding hydrogens is 316 g/mol. The predicted molar refractivity (Wildman–Crippen MR) is 95.0 cm³/mol. The van der Waals surface area contributed by atoms with E-state index in [1.807, 2.05) is 6.07 Å². The van der Waals surface area contributed by atoms with Gasteiger partial charge in [-0.3, -0.25) is 4.90 Å². The summed E-state index contributed by atoms with van der Waals surface area (Å²) in [6.45, 7) is 4.76. The number of rotatable bonds is 4. The third-order valence-corrected chi connectivity index (χ3v) is 6.10. The molecule has 25 heavy (non-hydrogen) atoms. The maximum atomic E-state index is 10.2. The number of aliphatic hydroxyl groups excluding tert-OH is 1. The van der Waals surface area contributed by atoms with Crippen LogP contribution in [0.4, 0.5) is 0 Å². The molecule has 2 fully saturated rings. The second-order valence-corrected chi connectivity index (χ2v) is 7.53. The van der Waals surface area contributed by atoms with Crippen molar-refractivity contribution in [3.05, 3.63) is 41.7 Å². The van der Waals surface area contributed by atoms with Crippen molar-refractivity contribution in [1.29, 1.82) is 0 Å². The van der Waals surface area contributed by atoms with E-state index in [2.05, 4.69) is 41.2 Å². The highest BCUT2D eigenvalue weighted by atomic mass is 16.5. The quantitative estimate of drug-likeness (QED) is 0.925. The molecule has 5 nitrogen and oxygen atoms in total. The van der Waals surface area contributed by atoms with Gasteiger partial charge >= 0.3 is 0 Å². The average molecular weight is 342 g/mol. The highest BCUT2D eigenvalue weighted by Crippen LogP contribution is 2.50. The van der Waals surface area contributed by atoms with Crippen molar-refractivity contribution >= 4 is 0 Å². The Balaban J connectivity index is 1.37. The van der Waals surface area contributed by atoms with Crippen molar-refractivity contribution in [2.75, 3.05) is 20.2 Å². The topological polar surface area (TPSA) is 58.7 Å². The zero-order valence-corrected chi connectivity index (χ0v) is 14.9. The van der Waals surface area contributed by atoms with Gasteiger partial charge in [-0.2, -0.15) is 0 Å². The number of aliphatic hydroxyl groups is 1. The molecule has 1 saturated carbocycles. The third-order valence-electron chi connectivity index (χ3n) is 6.10. The Morgan fingerprint density at radius 3 is 2.64 bits per heavy atom. The maximum Gasteiger partial charge on any atom is 0.151 e. The van der Waals surface area contributed by atoms with E-state index >= 15 is 0 Å². The van der Waals surface area contributed by atoms with Crippen molar-refractivity contribution < 1.29 is 14.4 Å². The number of aromatic nitrogens is 1. The molecule has 2 aliphatic rings. The first kappa shape index (κ1) is 16.8. The monoisotopic (exact) mass is 342 g/mol. The van der Waals surface area contributed by atoms with E-state index in [1.165, 1.54) is 5.56 Å². The molecule has 1 spiro atoms. The summed E-state index contributed by atoms with van der Waals surface area (Å²) in [6.07, 6.45) is 2.73. The SMILES string of the molecule is CO[C@@H]1C[C@H](O)C12CCN(Cc1cc(-c3ccc(C)cc3)no1)CC2. The Morgan fingerprint density at radius 1 is 1.28 bits per heavy atom. The lowest BCUT2D eigenvalue weighted by Crippen LogP contribution is -2.61. The minimum absolute atomic E-state index is 0.0281. The summed E-state index contributed by atoms with van der Waals surface area (Å²) < 4.78 is 11.1. The van der Waals surface area contributed by atoms with Gasteiger partial charge in [-0.15, -0.1) is 0 Å². The fourth-order valence-corrected chi connectivity index (χ4v) is 4.31. The van der Waals surface area contributed by atoms with Crippen LogP contribution in [0.5, 0.6) is 0 Å². The molecule has 0 amide bonds. The van der Waals surface area contributed by atoms with Crippen LogP contribution in [0.15, 0.2) is 34.9 Å². The summed E-state index contributed by atoms with van der Waals surface area (Å²) in [6, 6.07) is 10.4. The molecule has 2 aromatic rings. The molecule has 1 aromatic carbocycles. The van der Waals surface area contributed by atoms with Gasteiger partial charge in [-0.1, -0.05) is 35.0 Å². The number of nitrogens with zero attached hydrogens (tertiary/aromatic N) is 2. The van der Waals surface area contributed by atoms with Crippen LogP contribution in [0.2, 0.25) is 0 Å². The van der Waals surface area contributed by atoms with Crippen LogP contribution >= 0.6 is 0 Å². The van der Waals surface area contributed by atoms with Crippen molar-refractivity contribution in [1.82, 2.24) is 10.1 Å². The number of piperidine rings is 1. The van der Waals surface area contributed by atoms with E-state index in [0.29, 0.717) is 0 Å². The predicted octanol–water partition coefficient (Wildman–Crippen LogP) is 3.01. The molecule has 1 saturated heterocycles. The minimum atomic E-state index is -0.210. The van der Waals surface area contributed by atoms with Crippen LogP contribution in [-0.2, 0) is 11.3 Å². The van der Waals surface area contributed by atoms with Gasteiger partial charge in [0.2, 0.25) is 0 Å². The van der Waals surface area contributed by atoms with E-state index in [9.17, 15) is 5.11 Å². The van der Waals surface area contributed by atoms with E-state index in [4.69, 9.17) is 9.26 Å². The number of ether oxygens (including phenoxy) is 1. The normalized spacial score (nSPS) is 25.9. The lowest BCUT2D eigenvalue weighted by molar-refractivity contribution is -0.202. The Bertz CT molecular complexity index is 717. The van der Waals surface area contributed by atoms with Crippen LogP contribution < -0.4 is 0 Å². The molecule has 1 N–H and O–H groups in total. The van der Waals surface area contributed by atoms with Crippen LogP contribution in [-0.4, -0.2) is 47.6 Å². The van der Waals surface area contributed by atoms with Gasteiger partial charge in [0, 0.05) is 30.6 Å². The van der Waals surface area contributed by atoms with Gasteiger partial charge in [0.25, 0.3) is 0 Å². The molecule has 5 heteroatoms. The van der Waals surface area contributed by atoms with Gasteiger partial charge in [0.05, 0.1) is 18.8 Å². The molecule has 0 bridgehead atoms. The molecule has 2 atom stereocenters. The number of hydrogen-bond acceptors (Lipinski definition) is 5. The summed E-state index contributed by atoms with van der Waals surface area (Å²) in [7, 11) is 1.76. The molecule has 1 aliphatic carbocycles. The standard InChI is InChI=1S/C20H26N2O3/c1-14-3-5-15(6-4-14)17-11-16(25-21-17)13-22-9-7-20(8-10-22)18(23)12-19(20)24-2/h3-6,11,18-19,23H,7-10,12-13H2,1-2H3/t18-,19+/m0/s1. The Labute approximate surface area is 148 Å². The van der Waals surface area contributed by atoms with Gasteiger partial charge in [0.15, 0.2) is 5.76 Å². The molecule has 4 rings (SSSR count). The van der Waals surface area contributed by atoms with Crippen LogP contribution in [0.25, 0.3) is 11.3 Å². The summed E-state index contributed by atoms with van der Waals surface area (Å²) in [5, 5.41) is 14.4. The zero-order chi connectivity index (χ0) is 17.4. The number of likely N-dealkylation sites (tertiary alicyclic amines) is 1. The van der Waals surface area contributed by atoms with Crippen LogP contribution in [0, 0.1) is 12.3 Å². The third kappa shape index (κ3) is 3.01. The van der Waals surface area contributed by atoms with Crippen molar-refractivity contribution in [3.8, 4) is 11.3 Å². The van der Waals surface area contributed by atoms with E-state index in [1.54, 1.807) is 7.11 Å². The minimum Gasteiger partial charge on any atom is -0.392 e. The highest BCUT2D eigenvalue weighted by molar-refractivity contribution is 5.59. The summed E-state index contributed by atoms with van der Waals surface area (Å²) in [5.74, 6) is 0.893. The van der Waals surface area contributed by atoms with Crippen molar-refractivity contribution in [2.24, 2.45) is 5.41 Å². The molecular formula is C20H26N2O3. The molecule has 134 valence electrons. The maximum absolute atomic E-state index is 10.2. The van der Waals surface area contributed by atoms with Gasteiger partial charge < -0.3 is 14.4 Å². The Hall–Kier alpha value is -1.69. The summed E-state index contributed by atoms with van der Waals surface area (Å²) in [5.41, 5.74) is 3.18. The van der Waals surface area contributed by atoms with E-state index in [0.717, 1.165) is 55.9 Å². The van der Waals surface area contributed by atoms with Crippen LogP contribution in [0.1, 0.15) is 30.6 Å². The van der Waals surface area contributed by atoms with Gasteiger partial charge in [-0.25, -0.2) is 0 Å². The second-order valence-electron chi connectivity index (χ2n) is 7.53. The van der Waals surface area contributed by atoms with E-state index < -0.39 is 0 Å². The second kappa shape index (κ2) is 6.56. The van der Waals surface area contributed by atoms with Gasteiger partial charge in [-0.05, 0) is 32.9 Å². The molecule has 1 aromatic heterocycles. The molecule has 0 radical (unpaired) electrons. The Kier molecular flexibility index (Phi) is 4.40. The smallest absolute Gasteiger partial charge is 0.151 e. The molecule has 1 aliphatic heterocycles. The highest BCUT2D eigenvalue weighted by Gasteiger charge is 2.55. The van der Waals surface area contributed by atoms with E-state index in [-0.39, 0.29) is 17.6 Å². The molecule has 2 heterocycles. The largest absolute Gasteiger partial charge is 0.392 e. The zero-order valence-electron chi connectivity index (χ0n) is 14.9. The van der Waals surface area contributed by atoms with Crippen molar-refractivity contribution in [2.45, 2.75) is 44.9 Å². The number of aryl methyl sites for hydroxylation is 1. The number of benzene rings is 1. The first-order chi connectivity index (χ1) is 12.1. The van der Waals surface area contributed by atoms with Crippen LogP contribution in [0.3, 0.4) is 0 Å². The van der Waals surface area contributed by atoms with Crippen molar-refractivity contribution in [3.63, 3.8) is 0 Å². The summed E-state index contributed by atoms with van der Waals surface area (Å²) >= 11 is 0. The first-order valence-electron chi connectivity index (χ1n) is 9.06. The fourth-order valence-electron chi connectivity index (χ4n) is 4.31. The Morgan fingerprint density at radius 2 is 2.00 bits per heavy atom. The molecule has 0 unspecified atom stereocenters. The average Bonchev–Trinajstić information content (AvgIpc) is 3.09. The van der Waals surface area contributed by atoms with Gasteiger partial charge in [0.1, 0.15) is 5.69 Å². The lowest BCUT2D eigenvalue weighted by Gasteiger charge is -2.56. The fraction of sp³-hybridized carbons (Fsp3) is 0.550. The number of hydrogen-bond donors (Lipinski definition) is 1. The lowest BCUT2D eigenvalue weighted by atomic mass is 9.58.